The second kappa shape index (κ2) is 6.63. The molecule has 1 aromatic carbocycles. The molecule has 0 radical (unpaired) electrons. The van der Waals surface area contributed by atoms with Crippen LogP contribution in [0.3, 0.4) is 0 Å². The number of aryl methyl sites for hydroxylation is 2. The normalized spacial score (nSPS) is 10.5. The van der Waals surface area contributed by atoms with Crippen molar-refractivity contribution in [2.24, 2.45) is 0 Å². The fourth-order valence-corrected chi connectivity index (χ4v) is 1.96. The Morgan fingerprint density at radius 2 is 1.05 bits per heavy atom. The van der Waals surface area contributed by atoms with Crippen LogP contribution in [0.15, 0.2) is 36.4 Å². The average molecular weight is 386 g/mol. The molecule has 102 valence electrons. The molecule has 0 N–H and O–H groups in total. The molecule has 0 saturated carbocycles. The van der Waals surface area contributed by atoms with Crippen molar-refractivity contribution in [3.63, 3.8) is 0 Å². The van der Waals surface area contributed by atoms with Crippen LogP contribution < -0.4 is 0 Å². The second-order valence-electron chi connectivity index (χ2n) is 4.16. The summed E-state index contributed by atoms with van der Waals surface area (Å²) in [5.41, 5.74) is 4.06. The summed E-state index contributed by atoms with van der Waals surface area (Å²) in [4.78, 5) is 9.16. The maximum atomic E-state index is 4.81. The van der Waals surface area contributed by atoms with E-state index in [2.05, 4.69) is 34.2 Å². The van der Waals surface area contributed by atoms with E-state index in [0.29, 0.717) is 0 Å². The Hall–Kier alpha value is -0.718. The summed E-state index contributed by atoms with van der Waals surface area (Å²) in [5, 5.41) is 2.30. The van der Waals surface area contributed by atoms with Gasteiger partial charge in [-0.3, -0.25) is 9.97 Å². The van der Waals surface area contributed by atoms with Crippen LogP contribution in [-0.4, -0.2) is 9.97 Å². The Labute approximate surface area is 128 Å². The third-order valence-electron chi connectivity index (χ3n) is 2.80. The van der Waals surface area contributed by atoms with Crippen LogP contribution in [0.5, 0.6) is 0 Å². The zero-order valence-corrected chi connectivity index (χ0v) is 13.5. The van der Waals surface area contributed by atoms with Crippen LogP contribution in [-0.2, 0) is 15.9 Å². The van der Waals surface area contributed by atoms with Gasteiger partial charge in [-0.2, -0.15) is 0 Å². The van der Waals surface area contributed by atoms with E-state index in [9.17, 15) is 0 Å². The Kier molecular flexibility index (Phi) is 5.13. The molecule has 0 unspecified atom stereocenters. The Bertz CT molecular complexity index is 655. The van der Waals surface area contributed by atoms with Gasteiger partial charge in [-0.1, -0.05) is 24.3 Å². The number of aromatic nitrogens is 2. The van der Waals surface area contributed by atoms with Gasteiger partial charge in [0.25, 0.3) is 0 Å². The van der Waals surface area contributed by atoms with Crippen LogP contribution in [0.1, 0.15) is 11.4 Å². The molecular formula is C14H12Cl2N2Pd. The molecule has 0 aliphatic carbocycles. The van der Waals surface area contributed by atoms with Crippen LogP contribution >= 0.6 is 19.1 Å². The van der Waals surface area contributed by atoms with Crippen molar-refractivity contribution in [3.05, 3.63) is 47.8 Å². The number of halogens is 2. The number of benzene rings is 1. The summed E-state index contributed by atoms with van der Waals surface area (Å²) in [6.45, 7) is 4.02. The first-order valence-electron chi connectivity index (χ1n) is 5.62. The molecule has 0 aliphatic heterocycles. The van der Waals surface area contributed by atoms with Gasteiger partial charge >= 0.3 is 35.0 Å². The number of fused-ring (bicyclic) bond motifs is 3. The first-order valence-corrected chi connectivity index (χ1v) is 9.62. The molecule has 2 aromatic heterocycles. The predicted octanol–water partition coefficient (Wildman–Crippen LogP) is 4.78. The number of pyridine rings is 2. The van der Waals surface area contributed by atoms with Gasteiger partial charge < -0.3 is 0 Å². The monoisotopic (exact) mass is 384 g/mol. The minimum absolute atomic E-state index is 0.106. The summed E-state index contributed by atoms with van der Waals surface area (Å²) in [6.07, 6.45) is 0. The molecule has 0 aliphatic rings. The summed E-state index contributed by atoms with van der Waals surface area (Å²) in [6, 6.07) is 12.5. The molecule has 0 bridgehead atoms. The van der Waals surface area contributed by atoms with Crippen molar-refractivity contribution in [1.82, 2.24) is 9.97 Å². The Morgan fingerprint density at radius 1 is 0.737 bits per heavy atom. The number of hydrogen-bond donors (Lipinski definition) is 0. The summed E-state index contributed by atoms with van der Waals surface area (Å²) in [7, 11) is 9.63. The minimum atomic E-state index is -0.106. The SMILES string of the molecule is Cc1ccc2ccc3ccc(C)nc3c2n1.[Cl][Pd][Cl]. The van der Waals surface area contributed by atoms with Crippen molar-refractivity contribution in [3.8, 4) is 0 Å². The van der Waals surface area contributed by atoms with Crippen molar-refractivity contribution in [2.75, 3.05) is 0 Å². The Morgan fingerprint density at radius 3 is 1.42 bits per heavy atom. The van der Waals surface area contributed by atoms with Crippen LogP contribution in [0.25, 0.3) is 21.8 Å². The number of rotatable bonds is 0. The van der Waals surface area contributed by atoms with Gasteiger partial charge in [0, 0.05) is 22.2 Å². The van der Waals surface area contributed by atoms with Gasteiger partial charge in [0.2, 0.25) is 0 Å². The summed E-state index contributed by atoms with van der Waals surface area (Å²) >= 11 is -0.106. The van der Waals surface area contributed by atoms with Gasteiger partial charge in [0.05, 0.1) is 11.0 Å². The molecule has 19 heavy (non-hydrogen) atoms. The molecule has 2 nitrogen and oxygen atoms in total. The fourth-order valence-electron chi connectivity index (χ4n) is 1.96. The molecule has 0 atom stereocenters. The van der Waals surface area contributed by atoms with Crippen LogP contribution in [0.4, 0.5) is 0 Å². The molecule has 5 heteroatoms. The van der Waals surface area contributed by atoms with Crippen molar-refractivity contribution in [1.29, 1.82) is 0 Å². The molecule has 3 rings (SSSR count). The fraction of sp³-hybridized carbons (Fsp3) is 0.143. The molecule has 0 spiro atoms. The van der Waals surface area contributed by atoms with Crippen LogP contribution in [0.2, 0.25) is 0 Å². The zero-order chi connectivity index (χ0) is 13.8. The molecule has 0 fully saturated rings. The topological polar surface area (TPSA) is 25.8 Å². The van der Waals surface area contributed by atoms with Gasteiger partial charge in [-0.25, -0.2) is 0 Å². The van der Waals surface area contributed by atoms with E-state index < -0.39 is 0 Å². The van der Waals surface area contributed by atoms with Gasteiger partial charge in [0.1, 0.15) is 0 Å². The zero-order valence-electron chi connectivity index (χ0n) is 10.4. The van der Waals surface area contributed by atoms with Gasteiger partial charge in [-0.05, 0) is 26.0 Å². The third-order valence-corrected chi connectivity index (χ3v) is 2.80. The third kappa shape index (κ3) is 3.43. The first kappa shape index (κ1) is 14.7. The van der Waals surface area contributed by atoms with E-state index >= 15 is 0 Å². The van der Waals surface area contributed by atoms with E-state index in [1.165, 1.54) is 0 Å². The van der Waals surface area contributed by atoms with E-state index in [1.54, 1.807) is 0 Å². The first-order chi connectivity index (χ1) is 9.15. The van der Waals surface area contributed by atoms with E-state index in [-0.39, 0.29) is 15.9 Å². The molecule has 3 aromatic rings. The van der Waals surface area contributed by atoms with Crippen LogP contribution in [0, 0.1) is 13.8 Å². The van der Waals surface area contributed by atoms with Gasteiger partial charge in [-0.15, -0.1) is 0 Å². The number of nitrogens with zero attached hydrogens (tertiary/aromatic N) is 2. The molecular weight excluding hydrogens is 373 g/mol. The van der Waals surface area contributed by atoms with E-state index in [1.807, 2.05) is 26.0 Å². The molecule has 0 saturated heterocycles. The average Bonchev–Trinajstić information content (AvgIpc) is 2.39. The van der Waals surface area contributed by atoms with Crippen molar-refractivity contribution in [2.45, 2.75) is 13.8 Å². The van der Waals surface area contributed by atoms with Crippen molar-refractivity contribution < 1.29 is 15.9 Å². The molecule has 2 heterocycles. The summed E-state index contributed by atoms with van der Waals surface area (Å²) < 4.78 is 0. The van der Waals surface area contributed by atoms with E-state index in [4.69, 9.17) is 19.1 Å². The number of hydrogen-bond acceptors (Lipinski definition) is 2. The maximum absolute atomic E-state index is 4.81. The predicted molar refractivity (Wildman–Crippen MR) is 78.2 cm³/mol. The van der Waals surface area contributed by atoms with E-state index in [0.717, 1.165) is 33.2 Å². The van der Waals surface area contributed by atoms with Gasteiger partial charge in [0.15, 0.2) is 0 Å². The second-order valence-corrected chi connectivity index (χ2v) is 6.52. The molecule has 0 amide bonds. The van der Waals surface area contributed by atoms with Crippen molar-refractivity contribution >= 4 is 40.9 Å². The summed E-state index contributed by atoms with van der Waals surface area (Å²) in [5.74, 6) is 0. The standard InChI is InChI=1S/C14H12N2.2ClH.Pd/c1-9-3-5-11-7-8-12-6-4-10(2)16-14(12)13(11)15-9;;;/h3-8H,1-2H3;2*1H;/q;;;+2/p-2. The quantitative estimate of drug-likeness (QED) is 0.411. The Balaban J connectivity index is 0.000000408.